The van der Waals surface area contributed by atoms with Crippen LogP contribution < -0.4 is 10.4 Å². The van der Waals surface area contributed by atoms with Crippen molar-refractivity contribution in [1.82, 2.24) is 5.48 Å². The summed E-state index contributed by atoms with van der Waals surface area (Å²) in [6.45, 7) is 3.03. The first-order valence-corrected chi connectivity index (χ1v) is 11.7. The third kappa shape index (κ3) is 4.84. The number of ether oxygens (including phenoxy) is 1. The van der Waals surface area contributed by atoms with Crippen molar-refractivity contribution < 1.29 is 33.1 Å². The fourth-order valence-electron chi connectivity index (χ4n) is 3.82. The minimum Gasteiger partial charge on any atom is -0.444 e. The van der Waals surface area contributed by atoms with Crippen molar-refractivity contribution in [3.63, 3.8) is 0 Å². The van der Waals surface area contributed by atoms with Crippen molar-refractivity contribution in [3.05, 3.63) is 29.8 Å². The average Bonchev–Trinajstić information content (AvgIpc) is 3.03. The Balaban J connectivity index is 1.68. The van der Waals surface area contributed by atoms with Gasteiger partial charge in [-0.25, -0.2) is 18.7 Å². The van der Waals surface area contributed by atoms with E-state index < -0.39 is 38.3 Å². The zero-order valence-corrected chi connectivity index (χ0v) is 18.4. The van der Waals surface area contributed by atoms with E-state index >= 15 is 0 Å². The number of nitrogens with one attached hydrogen (secondary N) is 1. The van der Waals surface area contributed by atoms with Crippen LogP contribution in [0.4, 0.5) is 10.5 Å². The molecule has 9 nitrogen and oxygen atoms in total. The number of carbonyl (C=O) groups is 2. The molecule has 0 spiro atoms. The minimum absolute atomic E-state index is 0.0604. The lowest BCUT2D eigenvalue weighted by atomic mass is 9.72. The first-order chi connectivity index (χ1) is 14.3. The molecule has 31 heavy (non-hydrogen) atoms. The van der Waals surface area contributed by atoms with Crippen LogP contribution in [0, 0.1) is 17.8 Å². The molecule has 10 heteroatoms. The first kappa shape index (κ1) is 23.1. The Morgan fingerprint density at radius 3 is 2.48 bits per heavy atom. The van der Waals surface area contributed by atoms with Gasteiger partial charge in [0.1, 0.15) is 6.10 Å². The van der Waals surface area contributed by atoms with Gasteiger partial charge in [0.05, 0.1) is 12.1 Å². The fraction of sp³-hybridized carbons (Fsp3) is 0.524. The summed E-state index contributed by atoms with van der Waals surface area (Å²) in [5.41, 5.74) is 2.08. The van der Waals surface area contributed by atoms with E-state index in [4.69, 9.17) is 9.94 Å². The Bertz CT molecular complexity index is 1030. The summed E-state index contributed by atoms with van der Waals surface area (Å²) in [6.07, 6.45) is 0.395. The fourth-order valence-corrected chi connectivity index (χ4v) is 4.69. The van der Waals surface area contributed by atoms with E-state index in [1.165, 1.54) is 17.3 Å². The van der Waals surface area contributed by atoms with Crippen LogP contribution in [0.1, 0.15) is 38.7 Å². The smallest absolute Gasteiger partial charge is 0.414 e. The van der Waals surface area contributed by atoms with Crippen LogP contribution in [0.5, 0.6) is 0 Å². The molecule has 0 bridgehead atoms. The second-order valence-corrected chi connectivity index (χ2v) is 11.1. The molecule has 3 rings (SSSR count). The number of aliphatic hydroxyl groups is 1. The molecular formula is C21H26N2O7S. The molecule has 2 aliphatic rings. The lowest BCUT2D eigenvalue weighted by Gasteiger charge is -2.37. The largest absolute Gasteiger partial charge is 0.444 e. The third-order valence-electron chi connectivity index (χ3n) is 5.86. The van der Waals surface area contributed by atoms with E-state index in [9.17, 15) is 23.1 Å². The zero-order valence-electron chi connectivity index (χ0n) is 17.6. The Morgan fingerprint density at radius 1 is 1.35 bits per heavy atom. The standard InChI is InChI=1S/C21H26N2O7S/c1-20(26)10-15(11-20)5-4-14-6-8-16(9-7-14)23-13-17(30-19(23)25)12-21(2,18(24)22-27)31(3,28)29/h6-9,15,17,26-27H,10-13H2,1-3H3,(H,22,24). The summed E-state index contributed by atoms with van der Waals surface area (Å²) in [4.78, 5) is 25.7. The number of hydroxylamine groups is 1. The number of cyclic esters (lactones) is 1. The van der Waals surface area contributed by atoms with Crippen molar-refractivity contribution in [2.75, 3.05) is 17.7 Å². The molecule has 1 heterocycles. The molecule has 0 aromatic heterocycles. The lowest BCUT2D eigenvalue weighted by molar-refractivity contribution is -0.132. The highest BCUT2D eigenvalue weighted by atomic mass is 32.2. The quantitative estimate of drug-likeness (QED) is 0.349. The van der Waals surface area contributed by atoms with Crippen LogP contribution >= 0.6 is 0 Å². The molecule has 3 N–H and O–H groups in total. The summed E-state index contributed by atoms with van der Waals surface area (Å²) >= 11 is 0. The van der Waals surface area contributed by atoms with Gasteiger partial charge in [0.2, 0.25) is 0 Å². The van der Waals surface area contributed by atoms with Crippen LogP contribution in [0.25, 0.3) is 0 Å². The van der Waals surface area contributed by atoms with Crippen molar-refractivity contribution in [1.29, 1.82) is 0 Å². The van der Waals surface area contributed by atoms with Gasteiger partial charge in [-0.15, -0.1) is 0 Å². The number of hydrogen-bond acceptors (Lipinski definition) is 7. The molecule has 2 atom stereocenters. The normalized spacial score (nSPS) is 27.4. The van der Waals surface area contributed by atoms with Gasteiger partial charge in [-0.1, -0.05) is 11.8 Å². The van der Waals surface area contributed by atoms with Gasteiger partial charge in [0, 0.05) is 29.8 Å². The van der Waals surface area contributed by atoms with Crippen molar-refractivity contribution in [3.8, 4) is 11.8 Å². The molecule has 1 aliphatic carbocycles. The molecule has 168 valence electrons. The number of rotatable bonds is 5. The number of carbonyl (C=O) groups excluding carboxylic acids is 2. The van der Waals surface area contributed by atoms with Gasteiger partial charge in [-0.05, 0) is 51.0 Å². The summed E-state index contributed by atoms with van der Waals surface area (Å²) in [5.74, 6) is 5.27. The number of nitrogens with zero attached hydrogens (tertiary/aromatic N) is 1. The highest BCUT2D eigenvalue weighted by molar-refractivity contribution is 7.92. The lowest BCUT2D eigenvalue weighted by Crippen LogP contribution is -2.51. The van der Waals surface area contributed by atoms with Crippen molar-refractivity contribution in [2.24, 2.45) is 5.92 Å². The molecule has 2 amide bonds. The maximum absolute atomic E-state index is 12.3. The van der Waals surface area contributed by atoms with Crippen LogP contribution in [0.3, 0.4) is 0 Å². The Hall–Kier alpha value is -2.61. The van der Waals surface area contributed by atoms with E-state index in [0.717, 1.165) is 11.8 Å². The van der Waals surface area contributed by atoms with Crippen LogP contribution in [-0.2, 0) is 19.4 Å². The van der Waals surface area contributed by atoms with E-state index in [1.807, 2.05) is 0 Å². The number of anilines is 1. The van der Waals surface area contributed by atoms with Gasteiger partial charge in [0.15, 0.2) is 14.6 Å². The van der Waals surface area contributed by atoms with E-state index in [-0.39, 0.29) is 18.9 Å². The molecule has 0 radical (unpaired) electrons. The maximum Gasteiger partial charge on any atom is 0.414 e. The summed E-state index contributed by atoms with van der Waals surface area (Å²) in [7, 11) is -3.90. The predicted octanol–water partition coefficient (Wildman–Crippen LogP) is 1.22. The average molecular weight is 451 g/mol. The van der Waals surface area contributed by atoms with Crippen molar-refractivity contribution >= 4 is 27.5 Å². The summed E-state index contributed by atoms with van der Waals surface area (Å²) in [5, 5.41) is 18.7. The Kier molecular flexibility index (Phi) is 6.06. The van der Waals surface area contributed by atoms with E-state index in [2.05, 4.69) is 11.8 Å². The molecule has 2 unspecified atom stereocenters. The number of benzene rings is 1. The van der Waals surface area contributed by atoms with Gasteiger partial charge in [-0.2, -0.15) is 0 Å². The Labute approximate surface area is 181 Å². The molecule has 1 saturated heterocycles. The second-order valence-electron chi connectivity index (χ2n) is 8.68. The summed E-state index contributed by atoms with van der Waals surface area (Å²) in [6, 6.07) is 6.95. The molecule has 1 saturated carbocycles. The van der Waals surface area contributed by atoms with E-state index in [0.29, 0.717) is 18.5 Å². The monoisotopic (exact) mass is 450 g/mol. The number of sulfone groups is 1. The summed E-state index contributed by atoms with van der Waals surface area (Å²) < 4.78 is 27.6. The molecule has 1 aromatic rings. The molecule has 1 aromatic carbocycles. The van der Waals surface area contributed by atoms with Crippen molar-refractivity contribution in [2.45, 2.75) is 49.6 Å². The molecule has 1 aliphatic heterocycles. The SMILES string of the molecule is CC1(O)CC(C#Cc2ccc(N3CC(CC(C)(C(=O)NO)S(C)(=O)=O)OC3=O)cc2)C1. The van der Waals surface area contributed by atoms with Gasteiger partial charge in [0.25, 0.3) is 5.91 Å². The van der Waals surface area contributed by atoms with E-state index in [1.54, 1.807) is 31.2 Å². The second kappa shape index (κ2) is 8.15. The first-order valence-electron chi connectivity index (χ1n) is 9.81. The minimum atomic E-state index is -3.90. The number of hydrogen-bond donors (Lipinski definition) is 3. The topological polar surface area (TPSA) is 133 Å². The Morgan fingerprint density at radius 2 is 1.97 bits per heavy atom. The van der Waals surface area contributed by atoms with Crippen LogP contribution in [-0.4, -0.2) is 60.0 Å². The van der Waals surface area contributed by atoms with Gasteiger partial charge < -0.3 is 9.84 Å². The van der Waals surface area contributed by atoms with Gasteiger partial charge in [-0.3, -0.25) is 14.9 Å². The van der Waals surface area contributed by atoms with Crippen LogP contribution in [0.2, 0.25) is 0 Å². The highest BCUT2D eigenvalue weighted by Crippen LogP contribution is 2.36. The van der Waals surface area contributed by atoms with Gasteiger partial charge >= 0.3 is 6.09 Å². The third-order valence-corrected chi connectivity index (χ3v) is 7.85. The maximum atomic E-state index is 12.3. The van der Waals surface area contributed by atoms with Crippen LogP contribution in [0.15, 0.2) is 24.3 Å². The molecular weight excluding hydrogens is 424 g/mol. The highest BCUT2D eigenvalue weighted by Gasteiger charge is 2.48. The number of amides is 2. The molecule has 2 fully saturated rings. The zero-order chi connectivity index (χ0) is 23.0. The predicted molar refractivity (Wildman–Crippen MR) is 112 cm³/mol.